The fourth-order valence-electron chi connectivity index (χ4n) is 4.78. The van der Waals surface area contributed by atoms with E-state index < -0.39 is 11.7 Å². The van der Waals surface area contributed by atoms with E-state index in [1.54, 1.807) is 27.7 Å². The number of carbonyl (C=O) groups is 2. The summed E-state index contributed by atoms with van der Waals surface area (Å²) in [5.41, 5.74) is 1.80. The van der Waals surface area contributed by atoms with Gasteiger partial charge < -0.3 is 24.6 Å². The van der Waals surface area contributed by atoms with Crippen LogP contribution in [0.15, 0.2) is 36.7 Å². The van der Waals surface area contributed by atoms with Gasteiger partial charge in [-0.05, 0) is 74.4 Å². The Morgan fingerprint density at radius 2 is 2.05 bits per heavy atom. The number of carbonyl (C=O) groups excluding carboxylic acids is 2. The first-order chi connectivity index (χ1) is 17.9. The third-order valence-electron chi connectivity index (χ3n) is 6.91. The Kier molecular flexibility index (Phi) is 7.13. The molecule has 5 rings (SSSR count). The van der Waals surface area contributed by atoms with Crippen molar-refractivity contribution in [3.63, 3.8) is 0 Å². The standard InChI is InChI=1S/C26H29FN6O4/c1-16(14-34)33-15-28-31-24(33)22-7-4-8-23(29-22)30-25(35)20-11-18-13-32(10-9-17(18)12-21(20)27)26(36)37-19-5-2-3-6-19/h4,7-8,11-12,15-16,19,34H,2-3,5-6,9-10,13-14H2,1H3,(H,29,30,35)/t16-/m1/s1. The second-order valence-corrected chi connectivity index (χ2v) is 9.52. The molecule has 1 aliphatic carbocycles. The molecule has 0 spiro atoms. The van der Waals surface area contributed by atoms with Gasteiger partial charge in [-0.3, -0.25) is 4.79 Å². The van der Waals surface area contributed by atoms with Gasteiger partial charge in [0.05, 0.1) is 18.2 Å². The lowest BCUT2D eigenvalue weighted by atomic mass is 9.96. The number of aliphatic hydroxyl groups excluding tert-OH is 1. The molecular formula is C26H29FN6O4. The van der Waals surface area contributed by atoms with Crippen LogP contribution in [0.4, 0.5) is 15.0 Å². The number of hydrogen-bond acceptors (Lipinski definition) is 7. The zero-order valence-corrected chi connectivity index (χ0v) is 20.6. The molecule has 3 aromatic rings. The normalized spacial score (nSPS) is 16.4. The average Bonchev–Trinajstić information content (AvgIpc) is 3.60. The van der Waals surface area contributed by atoms with Crippen molar-refractivity contribution in [3.8, 4) is 11.5 Å². The molecule has 0 saturated heterocycles. The van der Waals surface area contributed by atoms with Crippen molar-refractivity contribution in [2.75, 3.05) is 18.5 Å². The highest BCUT2D eigenvalue weighted by Gasteiger charge is 2.28. The molecular weight excluding hydrogens is 479 g/mol. The maximum Gasteiger partial charge on any atom is 0.410 e. The highest BCUT2D eigenvalue weighted by molar-refractivity contribution is 6.04. The third kappa shape index (κ3) is 5.31. The fraction of sp³-hybridized carbons (Fsp3) is 0.423. The quantitative estimate of drug-likeness (QED) is 0.520. The van der Waals surface area contributed by atoms with Crippen LogP contribution in [0.5, 0.6) is 0 Å². The molecule has 37 heavy (non-hydrogen) atoms. The molecule has 1 aliphatic heterocycles. The molecule has 0 bridgehead atoms. The zero-order chi connectivity index (χ0) is 25.9. The SMILES string of the molecule is C[C@H](CO)n1cnnc1-c1cccc(NC(=O)c2cc3c(cc2F)CCN(C(=O)OC2CCCC2)C3)n1. The molecule has 1 atom stereocenters. The van der Waals surface area contributed by atoms with Gasteiger partial charge >= 0.3 is 6.09 Å². The zero-order valence-electron chi connectivity index (χ0n) is 20.6. The molecule has 194 valence electrons. The van der Waals surface area contributed by atoms with Gasteiger partial charge in [0, 0.05) is 13.1 Å². The lowest BCUT2D eigenvalue weighted by molar-refractivity contribution is 0.0618. The first-order valence-electron chi connectivity index (χ1n) is 12.5. The summed E-state index contributed by atoms with van der Waals surface area (Å²) >= 11 is 0. The minimum atomic E-state index is -0.652. The van der Waals surface area contributed by atoms with Crippen molar-refractivity contribution in [3.05, 3.63) is 59.2 Å². The molecule has 1 fully saturated rings. The lowest BCUT2D eigenvalue weighted by Gasteiger charge is -2.29. The summed E-state index contributed by atoms with van der Waals surface area (Å²) < 4.78 is 22.2. The van der Waals surface area contributed by atoms with Crippen LogP contribution in [-0.4, -0.2) is 61.0 Å². The monoisotopic (exact) mass is 508 g/mol. The first kappa shape index (κ1) is 24.8. The van der Waals surface area contributed by atoms with Crippen LogP contribution in [0.2, 0.25) is 0 Å². The molecule has 3 heterocycles. The number of hydrogen-bond donors (Lipinski definition) is 2. The van der Waals surface area contributed by atoms with Crippen LogP contribution in [0.1, 0.15) is 60.1 Å². The van der Waals surface area contributed by atoms with E-state index >= 15 is 0 Å². The minimum absolute atomic E-state index is 0.0348. The number of aromatic nitrogens is 4. The number of amides is 2. The second-order valence-electron chi connectivity index (χ2n) is 9.52. The number of rotatable bonds is 6. The van der Waals surface area contributed by atoms with Crippen LogP contribution in [0.25, 0.3) is 11.5 Å². The van der Waals surface area contributed by atoms with Crippen molar-refractivity contribution in [2.24, 2.45) is 0 Å². The van der Waals surface area contributed by atoms with Gasteiger partial charge in [-0.25, -0.2) is 14.2 Å². The molecule has 1 aromatic carbocycles. The van der Waals surface area contributed by atoms with Gasteiger partial charge in [0.25, 0.3) is 5.91 Å². The Hall–Kier alpha value is -3.86. The largest absolute Gasteiger partial charge is 0.446 e. The van der Waals surface area contributed by atoms with Crippen molar-refractivity contribution < 1.29 is 23.8 Å². The molecule has 2 amide bonds. The number of ether oxygens (including phenoxy) is 1. The number of benzene rings is 1. The van der Waals surface area contributed by atoms with Gasteiger partial charge in [0.2, 0.25) is 0 Å². The third-order valence-corrected chi connectivity index (χ3v) is 6.91. The number of pyridine rings is 1. The summed E-state index contributed by atoms with van der Waals surface area (Å²) in [6.45, 7) is 2.41. The highest BCUT2D eigenvalue weighted by Crippen LogP contribution is 2.27. The van der Waals surface area contributed by atoms with Crippen LogP contribution >= 0.6 is 0 Å². The molecule has 0 unspecified atom stereocenters. The van der Waals surface area contributed by atoms with Gasteiger partial charge in [-0.15, -0.1) is 10.2 Å². The number of anilines is 1. The molecule has 2 aliphatic rings. The Bertz CT molecular complexity index is 1310. The minimum Gasteiger partial charge on any atom is -0.446 e. The molecule has 2 N–H and O–H groups in total. The fourth-order valence-corrected chi connectivity index (χ4v) is 4.78. The first-order valence-corrected chi connectivity index (χ1v) is 12.5. The maximum atomic E-state index is 14.9. The van der Waals surface area contributed by atoms with Crippen molar-refractivity contribution in [1.29, 1.82) is 0 Å². The number of aliphatic hydroxyl groups is 1. The molecule has 10 nitrogen and oxygen atoms in total. The number of nitrogens with one attached hydrogen (secondary N) is 1. The van der Waals surface area contributed by atoms with Crippen molar-refractivity contribution in [1.82, 2.24) is 24.6 Å². The summed E-state index contributed by atoms with van der Waals surface area (Å²) in [7, 11) is 0. The smallest absolute Gasteiger partial charge is 0.410 e. The molecule has 11 heteroatoms. The summed E-state index contributed by atoms with van der Waals surface area (Å²) in [6, 6.07) is 7.60. The Balaban J connectivity index is 1.31. The Labute approximate surface area is 213 Å². The van der Waals surface area contributed by atoms with Crippen molar-refractivity contribution in [2.45, 2.75) is 57.7 Å². The van der Waals surface area contributed by atoms with E-state index in [1.165, 1.54) is 18.5 Å². The van der Waals surface area contributed by atoms with E-state index in [0.29, 0.717) is 30.0 Å². The van der Waals surface area contributed by atoms with Crippen LogP contribution in [-0.2, 0) is 17.7 Å². The second kappa shape index (κ2) is 10.6. The van der Waals surface area contributed by atoms with Gasteiger partial charge in [-0.2, -0.15) is 0 Å². The topological polar surface area (TPSA) is 122 Å². The van der Waals surface area contributed by atoms with E-state index in [4.69, 9.17) is 4.74 Å². The summed E-state index contributed by atoms with van der Waals surface area (Å²) in [5, 5.41) is 20.1. The number of halogens is 1. The Morgan fingerprint density at radius 1 is 1.24 bits per heavy atom. The predicted molar refractivity (Wildman–Crippen MR) is 132 cm³/mol. The number of nitrogens with zero attached hydrogens (tertiary/aromatic N) is 5. The number of fused-ring (bicyclic) bond motifs is 1. The average molecular weight is 509 g/mol. The van der Waals surface area contributed by atoms with Crippen molar-refractivity contribution >= 4 is 17.8 Å². The summed E-state index contributed by atoms with van der Waals surface area (Å²) in [5.74, 6) is -0.638. The molecule has 2 aromatic heterocycles. The summed E-state index contributed by atoms with van der Waals surface area (Å²) in [4.78, 5) is 31.7. The van der Waals surface area contributed by atoms with E-state index in [9.17, 15) is 19.1 Å². The van der Waals surface area contributed by atoms with Gasteiger partial charge in [0.1, 0.15) is 29.8 Å². The van der Waals surface area contributed by atoms with Crippen LogP contribution < -0.4 is 5.32 Å². The van der Waals surface area contributed by atoms with E-state index in [0.717, 1.165) is 31.2 Å². The highest BCUT2D eigenvalue weighted by atomic mass is 19.1. The molecule has 0 radical (unpaired) electrons. The lowest BCUT2D eigenvalue weighted by Crippen LogP contribution is -2.38. The van der Waals surface area contributed by atoms with Crippen LogP contribution in [0.3, 0.4) is 0 Å². The molecule has 1 saturated carbocycles. The predicted octanol–water partition coefficient (Wildman–Crippen LogP) is 3.72. The van der Waals surface area contributed by atoms with E-state index in [2.05, 4.69) is 20.5 Å². The summed E-state index contributed by atoms with van der Waals surface area (Å²) in [6.07, 6.45) is 5.50. The van der Waals surface area contributed by atoms with Crippen LogP contribution in [0, 0.1) is 5.82 Å². The maximum absolute atomic E-state index is 14.9. The van der Waals surface area contributed by atoms with Gasteiger partial charge in [-0.1, -0.05) is 6.07 Å². The van der Waals surface area contributed by atoms with E-state index in [-0.39, 0.29) is 42.8 Å². The Morgan fingerprint density at radius 3 is 2.84 bits per heavy atom. The van der Waals surface area contributed by atoms with E-state index in [1.807, 2.05) is 6.92 Å². The van der Waals surface area contributed by atoms with Gasteiger partial charge in [0.15, 0.2) is 5.82 Å².